The number of carboxylic acids is 1. The Balaban J connectivity index is 1.91. The van der Waals surface area contributed by atoms with Crippen LogP contribution in [-0.2, 0) is 4.79 Å². The van der Waals surface area contributed by atoms with Gasteiger partial charge in [0.2, 0.25) is 0 Å². The number of likely N-dealkylation sites (tertiary alicyclic amines) is 1. The average Bonchev–Trinajstić information content (AvgIpc) is 3.10. The fraction of sp³-hybridized carbons (Fsp3) is 0.450. The Morgan fingerprint density at radius 3 is 2.50 bits per heavy atom. The molecule has 0 radical (unpaired) electrons. The molecule has 3 nitrogen and oxygen atoms in total. The zero-order chi connectivity index (χ0) is 17.1. The van der Waals surface area contributed by atoms with E-state index in [0.717, 1.165) is 19.4 Å². The molecule has 2 heterocycles. The zero-order valence-electron chi connectivity index (χ0n) is 14.3. The normalized spacial score (nSPS) is 20.2. The van der Waals surface area contributed by atoms with E-state index in [1.54, 1.807) is 11.3 Å². The monoisotopic (exact) mass is 343 g/mol. The first-order valence-electron chi connectivity index (χ1n) is 8.66. The molecule has 1 fully saturated rings. The Hall–Kier alpha value is -1.65. The molecule has 0 saturated carbocycles. The molecule has 1 aromatic heterocycles. The SMILES string of the molecule is CC(C)c1ccc(C(c2cccs2)N2CCCC(C(=O)O)C2)cc1. The highest BCUT2D eigenvalue weighted by Gasteiger charge is 2.31. The van der Waals surface area contributed by atoms with Crippen molar-refractivity contribution in [3.8, 4) is 0 Å². The Morgan fingerprint density at radius 2 is 1.92 bits per heavy atom. The largest absolute Gasteiger partial charge is 0.481 e. The minimum atomic E-state index is -0.667. The molecule has 128 valence electrons. The molecule has 1 aliphatic heterocycles. The second kappa shape index (κ2) is 7.49. The van der Waals surface area contributed by atoms with E-state index in [0.29, 0.717) is 12.5 Å². The van der Waals surface area contributed by atoms with Crippen LogP contribution in [0.4, 0.5) is 0 Å². The lowest BCUT2D eigenvalue weighted by Crippen LogP contribution is -2.41. The van der Waals surface area contributed by atoms with Crippen LogP contribution in [0.3, 0.4) is 0 Å². The number of carbonyl (C=O) groups is 1. The Morgan fingerprint density at radius 1 is 1.21 bits per heavy atom. The molecule has 0 aliphatic carbocycles. The van der Waals surface area contributed by atoms with Crippen molar-refractivity contribution in [1.29, 1.82) is 0 Å². The van der Waals surface area contributed by atoms with Crippen molar-refractivity contribution in [3.63, 3.8) is 0 Å². The lowest BCUT2D eigenvalue weighted by molar-refractivity contribution is -0.143. The van der Waals surface area contributed by atoms with E-state index in [1.807, 2.05) is 0 Å². The summed E-state index contributed by atoms with van der Waals surface area (Å²) in [4.78, 5) is 15.1. The molecule has 3 rings (SSSR count). The van der Waals surface area contributed by atoms with Crippen LogP contribution in [0.15, 0.2) is 41.8 Å². The zero-order valence-corrected chi connectivity index (χ0v) is 15.1. The van der Waals surface area contributed by atoms with Crippen LogP contribution in [-0.4, -0.2) is 29.1 Å². The van der Waals surface area contributed by atoms with Crippen molar-refractivity contribution in [1.82, 2.24) is 4.90 Å². The molecule has 2 atom stereocenters. The van der Waals surface area contributed by atoms with E-state index in [1.165, 1.54) is 16.0 Å². The summed E-state index contributed by atoms with van der Waals surface area (Å²) in [5.41, 5.74) is 2.60. The summed E-state index contributed by atoms with van der Waals surface area (Å²) in [5, 5.41) is 11.5. The number of carboxylic acid groups (broad SMARTS) is 1. The van der Waals surface area contributed by atoms with E-state index in [4.69, 9.17) is 0 Å². The molecule has 1 saturated heterocycles. The minimum absolute atomic E-state index is 0.161. The molecule has 1 N–H and O–H groups in total. The summed E-state index contributed by atoms with van der Waals surface area (Å²) in [6.45, 7) is 5.99. The van der Waals surface area contributed by atoms with E-state index in [9.17, 15) is 9.90 Å². The molecule has 1 aromatic carbocycles. The molecule has 4 heteroatoms. The first kappa shape index (κ1) is 17.2. The highest BCUT2D eigenvalue weighted by atomic mass is 32.1. The van der Waals surface area contributed by atoms with Gasteiger partial charge in [-0.05, 0) is 47.9 Å². The summed E-state index contributed by atoms with van der Waals surface area (Å²) in [6, 6.07) is 13.2. The quantitative estimate of drug-likeness (QED) is 0.851. The van der Waals surface area contributed by atoms with Gasteiger partial charge in [-0.1, -0.05) is 44.2 Å². The molecule has 24 heavy (non-hydrogen) atoms. The minimum Gasteiger partial charge on any atom is -0.481 e. The van der Waals surface area contributed by atoms with Gasteiger partial charge in [0.05, 0.1) is 12.0 Å². The fourth-order valence-electron chi connectivity index (χ4n) is 3.51. The first-order chi connectivity index (χ1) is 11.6. The van der Waals surface area contributed by atoms with Gasteiger partial charge in [-0.2, -0.15) is 0 Å². The summed E-state index contributed by atoms with van der Waals surface area (Å²) in [6.07, 6.45) is 1.73. The number of rotatable bonds is 5. The maximum absolute atomic E-state index is 11.4. The van der Waals surface area contributed by atoms with Gasteiger partial charge >= 0.3 is 5.97 Å². The van der Waals surface area contributed by atoms with Crippen LogP contribution in [0.1, 0.15) is 54.7 Å². The molecule has 0 amide bonds. The van der Waals surface area contributed by atoms with Gasteiger partial charge in [0.15, 0.2) is 0 Å². The number of thiophene rings is 1. The lowest BCUT2D eigenvalue weighted by atomic mass is 9.93. The number of benzene rings is 1. The summed E-state index contributed by atoms with van der Waals surface area (Å²) < 4.78 is 0. The predicted octanol–water partition coefficient (Wildman–Crippen LogP) is 4.76. The third kappa shape index (κ3) is 3.70. The number of hydrogen-bond donors (Lipinski definition) is 1. The summed E-state index contributed by atoms with van der Waals surface area (Å²) >= 11 is 1.75. The smallest absolute Gasteiger partial charge is 0.307 e. The van der Waals surface area contributed by atoms with E-state index in [-0.39, 0.29) is 12.0 Å². The van der Waals surface area contributed by atoms with Gasteiger partial charge in [-0.15, -0.1) is 11.3 Å². The third-order valence-electron chi connectivity index (χ3n) is 4.90. The standard InChI is InChI=1S/C20H25NO2S/c1-14(2)15-7-9-16(10-8-15)19(18-6-4-12-24-18)21-11-3-5-17(13-21)20(22)23/h4,6-10,12,14,17,19H,3,5,11,13H2,1-2H3,(H,22,23). The van der Waals surface area contributed by atoms with Crippen molar-refractivity contribution in [2.45, 2.75) is 38.6 Å². The van der Waals surface area contributed by atoms with Crippen molar-refractivity contribution >= 4 is 17.3 Å². The van der Waals surface area contributed by atoms with Gasteiger partial charge < -0.3 is 5.11 Å². The molecule has 1 aliphatic rings. The van der Waals surface area contributed by atoms with Gasteiger partial charge in [0, 0.05) is 11.4 Å². The van der Waals surface area contributed by atoms with Crippen LogP contribution >= 0.6 is 11.3 Å². The van der Waals surface area contributed by atoms with Crippen LogP contribution in [0.5, 0.6) is 0 Å². The van der Waals surface area contributed by atoms with E-state index < -0.39 is 5.97 Å². The first-order valence-corrected chi connectivity index (χ1v) is 9.54. The Labute approximate surface area is 147 Å². The number of hydrogen-bond acceptors (Lipinski definition) is 3. The summed E-state index contributed by atoms with van der Waals surface area (Å²) in [7, 11) is 0. The highest BCUT2D eigenvalue weighted by Crippen LogP contribution is 2.35. The fourth-order valence-corrected chi connectivity index (χ4v) is 4.39. The van der Waals surface area contributed by atoms with Crippen molar-refractivity contribution < 1.29 is 9.90 Å². The maximum atomic E-state index is 11.4. The predicted molar refractivity (Wildman–Crippen MR) is 98.6 cm³/mol. The topological polar surface area (TPSA) is 40.5 Å². The van der Waals surface area contributed by atoms with Gasteiger partial charge in [-0.3, -0.25) is 9.69 Å². The van der Waals surface area contributed by atoms with Crippen LogP contribution < -0.4 is 0 Å². The third-order valence-corrected chi connectivity index (χ3v) is 5.82. The van der Waals surface area contributed by atoms with Gasteiger partial charge in [0.25, 0.3) is 0 Å². The van der Waals surface area contributed by atoms with Crippen molar-refractivity contribution in [3.05, 3.63) is 57.8 Å². The highest BCUT2D eigenvalue weighted by molar-refractivity contribution is 7.10. The van der Waals surface area contributed by atoms with Crippen molar-refractivity contribution in [2.75, 3.05) is 13.1 Å². The average molecular weight is 343 g/mol. The number of nitrogens with zero attached hydrogens (tertiary/aromatic N) is 1. The van der Waals surface area contributed by atoms with Crippen LogP contribution in [0.25, 0.3) is 0 Å². The van der Waals surface area contributed by atoms with Gasteiger partial charge in [-0.25, -0.2) is 0 Å². The van der Waals surface area contributed by atoms with E-state index in [2.05, 4.69) is 60.5 Å². The lowest BCUT2D eigenvalue weighted by Gasteiger charge is -2.37. The molecule has 2 unspecified atom stereocenters. The van der Waals surface area contributed by atoms with Crippen LogP contribution in [0, 0.1) is 5.92 Å². The second-order valence-corrected chi connectivity index (χ2v) is 7.89. The van der Waals surface area contributed by atoms with E-state index >= 15 is 0 Å². The second-order valence-electron chi connectivity index (χ2n) is 6.91. The molecule has 0 spiro atoms. The summed E-state index contributed by atoms with van der Waals surface area (Å²) in [5.74, 6) is -0.401. The molecule has 0 bridgehead atoms. The molecular weight excluding hydrogens is 318 g/mol. The number of aliphatic carboxylic acids is 1. The Kier molecular flexibility index (Phi) is 5.36. The molecular formula is C20H25NO2S. The molecule has 2 aromatic rings. The number of piperidine rings is 1. The Bertz CT molecular complexity index is 663. The van der Waals surface area contributed by atoms with Crippen molar-refractivity contribution in [2.24, 2.45) is 5.92 Å². The van der Waals surface area contributed by atoms with Gasteiger partial charge in [0.1, 0.15) is 0 Å². The maximum Gasteiger partial charge on any atom is 0.307 e. The van der Waals surface area contributed by atoms with Crippen LogP contribution in [0.2, 0.25) is 0 Å².